The van der Waals surface area contributed by atoms with Crippen LogP contribution in [0.4, 0.5) is 11.4 Å². The topological polar surface area (TPSA) is 77.3 Å². The SMILES string of the molecule is C\C=C/C(=C/C=N/c1ccc(/C=C/C(=O)OCC)cc1)C(/C=C\C)=C/C=N/c1ccc(/C=C/C(=O)OCC)cc1. The molecule has 0 unspecified atom stereocenters. The van der Waals surface area contributed by atoms with E-state index < -0.39 is 0 Å². The van der Waals surface area contributed by atoms with Crippen molar-refractivity contribution in [1.29, 1.82) is 0 Å². The number of esters is 2. The summed E-state index contributed by atoms with van der Waals surface area (Å²) in [7, 11) is 0. The number of rotatable bonds is 13. The van der Waals surface area contributed by atoms with Gasteiger partial charge in [0.1, 0.15) is 0 Å². The second-order valence-electron chi connectivity index (χ2n) is 8.15. The molecule has 0 saturated heterocycles. The van der Waals surface area contributed by atoms with Crippen molar-refractivity contribution in [2.24, 2.45) is 9.98 Å². The van der Waals surface area contributed by atoms with Gasteiger partial charge in [-0.2, -0.15) is 0 Å². The Labute approximate surface area is 237 Å². The zero-order valence-corrected chi connectivity index (χ0v) is 23.5. The standard InChI is InChI=1S/C34H36N2O4/c1-5-9-29(23-25-35-31-17-11-27(12-18-31)15-21-33(37)39-7-3)30(10-6-2)24-26-36-32-19-13-28(14-20-32)16-22-34(38)40-8-4/h5-6,9-26H,7-8H2,1-4H3/b9-5-,10-6-,21-15+,22-16+,29-23-,30-24+,35-25+,36-26+. The molecule has 6 nitrogen and oxygen atoms in total. The van der Waals surface area contributed by atoms with Crippen LogP contribution in [0.3, 0.4) is 0 Å². The predicted octanol–water partition coefficient (Wildman–Crippen LogP) is 7.95. The first-order valence-corrected chi connectivity index (χ1v) is 13.1. The van der Waals surface area contributed by atoms with Crippen molar-refractivity contribution in [3.05, 3.63) is 119 Å². The molecule has 0 spiro atoms. The normalized spacial score (nSPS) is 13.1. The molecule has 0 aliphatic rings. The number of hydrogen-bond acceptors (Lipinski definition) is 6. The van der Waals surface area contributed by atoms with Gasteiger partial charge < -0.3 is 9.47 Å². The average molecular weight is 537 g/mol. The summed E-state index contributed by atoms with van der Waals surface area (Å²) in [4.78, 5) is 32.0. The van der Waals surface area contributed by atoms with Crippen molar-refractivity contribution in [3.63, 3.8) is 0 Å². The highest BCUT2D eigenvalue weighted by molar-refractivity contribution is 5.88. The summed E-state index contributed by atoms with van der Waals surface area (Å²) in [6.07, 6.45) is 21.6. The van der Waals surface area contributed by atoms with Crippen molar-refractivity contribution >= 4 is 47.9 Å². The highest BCUT2D eigenvalue weighted by atomic mass is 16.5. The van der Waals surface area contributed by atoms with Gasteiger partial charge in [0.25, 0.3) is 0 Å². The fourth-order valence-corrected chi connectivity index (χ4v) is 3.31. The van der Waals surface area contributed by atoms with Crippen LogP contribution in [0.15, 0.2) is 118 Å². The molecule has 2 aromatic carbocycles. The van der Waals surface area contributed by atoms with E-state index in [2.05, 4.69) is 9.98 Å². The second-order valence-corrected chi connectivity index (χ2v) is 8.15. The molecule has 0 aliphatic heterocycles. The lowest BCUT2D eigenvalue weighted by Gasteiger charge is -2.02. The first kappa shape index (κ1) is 31.4. The molecule has 0 N–H and O–H groups in total. The lowest BCUT2D eigenvalue weighted by atomic mass is 10.0. The second kappa shape index (κ2) is 18.4. The molecule has 0 atom stereocenters. The number of aliphatic imine (C=N–C) groups is 2. The Hall–Kier alpha value is -4.84. The summed E-state index contributed by atoms with van der Waals surface area (Å²) in [5.41, 5.74) is 5.31. The quantitative estimate of drug-likeness (QED) is 0.113. The monoisotopic (exact) mass is 536 g/mol. The van der Waals surface area contributed by atoms with E-state index in [9.17, 15) is 9.59 Å². The summed E-state index contributed by atoms with van der Waals surface area (Å²) in [6, 6.07) is 15.1. The highest BCUT2D eigenvalue weighted by Crippen LogP contribution is 2.17. The van der Waals surface area contributed by atoms with Gasteiger partial charge in [0.15, 0.2) is 0 Å². The summed E-state index contributed by atoms with van der Waals surface area (Å²) in [6.45, 7) is 8.18. The fourth-order valence-electron chi connectivity index (χ4n) is 3.31. The number of allylic oxidation sites excluding steroid dienone is 8. The number of carbonyl (C=O) groups excluding carboxylic acids is 2. The Kier molecular flexibility index (Phi) is 14.4. The van der Waals surface area contributed by atoms with Gasteiger partial charge >= 0.3 is 11.9 Å². The number of ether oxygens (including phenoxy) is 2. The van der Waals surface area contributed by atoms with E-state index in [0.29, 0.717) is 13.2 Å². The Morgan fingerprint density at radius 1 is 0.625 bits per heavy atom. The molecule has 0 amide bonds. The van der Waals surface area contributed by atoms with Gasteiger partial charge in [-0.3, -0.25) is 9.98 Å². The minimum atomic E-state index is -0.362. The minimum Gasteiger partial charge on any atom is -0.463 e. The van der Waals surface area contributed by atoms with Gasteiger partial charge in [-0.15, -0.1) is 0 Å². The first-order valence-electron chi connectivity index (χ1n) is 13.1. The minimum absolute atomic E-state index is 0.351. The first-order chi connectivity index (χ1) is 19.5. The maximum absolute atomic E-state index is 11.5. The maximum Gasteiger partial charge on any atom is 0.330 e. The smallest absolute Gasteiger partial charge is 0.330 e. The molecular formula is C34H36N2O4. The van der Waals surface area contributed by atoms with E-state index in [0.717, 1.165) is 33.6 Å². The van der Waals surface area contributed by atoms with Crippen molar-refractivity contribution in [2.45, 2.75) is 27.7 Å². The van der Waals surface area contributed by atoms with Gasteiger partial charge in [-0.05, 0) is 98.5 Å². The lowest BCUT2D eigenvalue weighted by Crippen LogP contribution is -1.98. The van der Waals surface area contributed by atoms with Gasteiger partial charge in [0.2, 0.25) is 0 Å². The third-order valence-electron chi connectivity index (χ3n) is 5.16. The third-order valence-corrected chi connectivity index (χ3v) is 5.16. The molecule has 0 saturated carbocycles. The van der Waals surface area contributed by atoms with E-state index >= 15 is 0 Å². The largest absolute Gasteiger partial charge is 0.463 e. The zero-order valence-electron chi connectivity index (χ0n) is 23.5. The van der Waals surface area contributed by atoms with Crippen LogP contribution in [-0.2, 0) is 19.1 Å². The molecule has 6 heteroatoms. The molecule has 206 valence electrons. The van der Waals surface area contributed by atoms with Gasteiger partial charge in [-0.25, -0.2) is 9.59 Å². The molecule has 0 radical (unpaired) electrons. The fraction of sp³-hybridized carbons (Fsp3) is 0.176. The number of carbonyl (C=O) groups is 2. The van der Waals surface area contributed by atoms with E-state index in [-0.39, 0.29) is 11.9 Å². The molecule has 0 heterocycles. The van der Waals surface area contributed by atoms with Crippen LogP contribution < -0.4 is 0 Å². The summed E-state index contributed by atoms with van der Waals surface area (Å²) >= 11 is 0. The highest BCUT2D eigenvalue weighted by Gasteiger charge is 1.98. The van der Waals surface area contributed by atoms with E-state index in [1.807, 2.05) is 98.8 Å². The molecule has 0 bridgehead atoms. The Morgan fingerprint density at radius 3 is 1.32 bits per heavy atom. The van der Waals surface area contributed by atoms with Crippen molar-refractivity contribution < 1.29 is 19.1 Å². The number of hydrogen-bond donors (Lipinski definition) is 0. The summed E-state index contributed by atoms with van der Waals surface area (Å²) in [5.74, 6) is -0.723. The lowest BCUT2D eigenvalue weighted by molar-refractivity contribution is -0.138. The van der Waals surface area contributed by atoms with E-state index in [4.69, 9.17) is 9.47 Å². The Balaban J connectivity index is 2.13. The molecule has 2 rings (SSSR count). The van der Waals surface area contributed by atoms with E-state index in [1.54, 1.807) is 38.4 Å². The number of benzene rings is 2. The zero-order chi connectivity index (χ0) is 29.0. The Morgan fingerprint density at radius 2 is 1.00 bits per heavy atom. The van der Waals surface area contributed by atoms with Crippen LogP contribution in [0.5, 0.6) is 0 Å². The van der Waals surface area contributed by atoms with Crippen LogP contribution in [-0.4, -0.2) is 37.6 Å². The summed E-state index contributed by atoms with van der Waals surface area (Å²) < 4.78 is 9.80. The average Bonchev–Trinajstić information content (AvgIpc) is 2.96. The number of nitrogens with zero attached hydrogens (tertiary/aromatic N) is 2. The van der Waals surface area contributed by atoms with Crippen LogP contribution in [0.1, 0.15) is 38.8 Å². The molecule has 40 heavy (non-hydrogen) atoms. The third kappa shape index (κ3) is 12.1. The molecule has 2 aromatic rings. The summed E-state index contributed by atoms with van der Waals surface area (Å²) in [5, 5.41) is 0. The molecule has 0 aromatic heterocycles. The van der Waals surface area contributed by atoms with Gasteiger partial charge in [0, 0.05) is 24.6 Å². The van der Waals surface area contributed by atoms with Crippen molar-refractivity contribution in [2.75, 3.05) is 13.2 Å². The molecule has 0 aliphatic carbocycles. The predicted molar refractivity (Wildman–Crippen MR) is 166 cm³/mol. The van der Waals surface area contributed by atoms with Gasteiger partial charge in [0.05, 0.1) is 24.6 Å². The molecular weight excluding hydrogens is 500 g/mol. The van der Waals surface area contributed by atoms with E-state index in [1.165, 1.54) is 12.2 Å². The van der Waals surface area contributed by atoms with Crippen LogP contribution in [0.25, 0.3) is 12.2 Å². The Bertz CT molecular complexity index is 1230. The van der Waals surface area contributed by atoms with Crippen molar-refractivity contribution in [3.8, 4) is 0 Å². The maximum atomic E-state index is 11.5. The van der Waals surface area contributed by atoms with Crippen LogP contribution in [0, 0.1) is 0 Å². The molecule has 0 fully saturated rings. The van der Waals surface area contributed by atoms with Crippen LogP contribution in [0.2, 0.25) is 0 Å². The van der Waals surface area contributed by atoms with Gasteiger partial charge in [-0.1, -0.05) is 48.6 Å². The van der Waals surface area contributed by atoms with Crippen molar-refractivity contribution in [1.82, 2.24) is 0 Å². The van der Waals surface area contributed by atoms with Crippen LogP contribution >= 0.6 is 0 Å².